The number of Topliss-reactive ketones (excluding diaryl/α,β-unsaturated/α-hetero) is 1. The Morgan fingerprint density at radius 1 is 1.21 bits per heavy atom. The number of amidine groups is 1. The maximum atomic E-state index is 12.7. The molecule has 0 radical (unpaired) electrons. The normalized spacial score (nSPS) is 20.9. The van der Waals surface area contributed by atoms with E-state index in [1.54, 1.807) is 0 Å². The van der Waals surface area contributed by atoms with Crippen molar-refractivity contribution in [3.8, 4) is 0 Å². The average Bonchev–Trinajstić information content (AvgIpc) is 3.01. The molecule has 1 rings (SSSR count). The first-order chi connectivity index (χ1) is 13.7. The lowest BCUT2D eigenvalue weighted by Crippen LogP contribution is -2.59. The van der Waals surface area contributed by atoms with E-state index in [1.165, 1.54) is 32.1 Å². The molecule has 0 aliphatic carbocycles. The Balaban J connectivity index is 2.57. The van der Waals surface area contributed by atoms with Crippen LogP contribution in [0.25, 0.3) is 0 Å². The van der Waals surface area contributed by atoms with Gasteiger partial charge in [-0.1, -0.05) is 51.2 Å². The van der Waals surface area contributed by atoms with E-state index >= 15 is 0 Å². The fourth-order valence-electron chi connectivity index (χ4n) is 3.78. The standard InChI is InChI=1S/C20H36N2O6S/c1-2-3-4-5-6-7-8-9-10-11-19(25)20-21-12-13-22(20,14-15-23)16-18(24)17-29(26,27)28/h9-10,18,23-24H,2-8,11-17H2,1H3/p+1/b10-9+. The Morgan fingerprint density at radius 2 is 1.90 bits per heavy atom. The molecule has 0 aromatic carbocycles. The third-order valence-electron chi connectivity index (χ3n) is 5.17. The Bertz CT molecular complexity index is 662. The number of carbonyl (C=O) groups excluding carboxylic acids is 1. The second kappa shape index (κ2) is 13.2. The van der Waals surface area contributed by atoms with Crippen molar-refractivity contribution < 1.29 is 32.5 Å². The molecule has 3 N–H and O–H groups in total. The van der Waals surface area contributed by atoms with Crippen LogP contribution < -0.4 is 0 Å². The number of rotatable bonds is 16. The largest absolute Gasteiger partial charge is 0.390 e. The van der Waals surface area contributed by atoms with Gasteiger partial charge in [0.1, 0.15) is 31.5 Å². The SMILES string of the molecule is CCCCCCCC/C=C/CC(=O)C1=NCC[N+]1(CCO)CC(O)CS(=O)(=O)O. The molecule has 0 amide bonds. The third kappa shape index (κ3) is 9.95. The lowest BCUT2D eigenvalue weighted by atomic mass is 10.1. The smallest absolute Gasteiger partial charge is 0.267 e. The predicted molar refractivity (Wildman–Crippen MR) is 113 cm³/mol. The molecule has 2 unspecified atom stereocenters. The Hall–Kier alpha value is -1.13. The minimum absolute atomic E-state index is 0.0582. The third-order valence-corrected chi connectivity index (χ3v) is 5.98. The van der Waals surface area contributed by atoms with Crippen LogP contribution in [0.5, 0.6) is 0 Å². The van der Waals surface area contributed by atoms with Crippen molar-refractivity contribution in [2.75, 3.05) is 38.5 Å². The number of aliphatic imine (C=N–C) groups is 1. The molecule has 1 aliphatic rings. The lowest BCUT2D eigenvalue weighted by Gasteiger charge is -2.34. The van der Waals surface area contributed by atoms with Crippen molar-refractivity contribution >= 4 is 21.7 Å². The molecular weight excluding hydrogens is 396 g/mol. The molecule has 29 heavy (non-hydrogen) atoms. The van der Waals surface area contributed by atoms with Crippen molar-refractivity contribution in [1.29, 1.82) is 0 Å². The summed E-state index contributed by atoms with van der Waals surface area (Å²) in [5, 5.41) is 19.5. The maximum Gasteiger partial charge on any atom is 0.267 e. The summed E-state index contributed by atoms with van der Waals surface area (Å²) in [7, 11) is -4.33. The first-order valence-electron chi connectivity index (χ1n) is 10.6. The summed E-state index contributed by atoms with van der Waals surface area (Å²) in [6.07, 6.45) is 10.9. The number of quaternary nitrogens is 1. The van der Waals surface area contributed by atoms with Gasteiger partial charge in [0.2, 0.25) is 5.78 Å². The summed E-state index contributed by atoms with van der Waals surface area (Å²) in [6, 6.07) is 0. The highest BCUT2D eigenvalue weighted by Gasteiger charge is 2.43. The summed E-state index contributed by atoms with van der Waals surface area (Å²) in [5.74, 6) is -0.732. The minimum Gasteiger partial charge on any atom is -0.390 e. The number of aliphatic hydroxyl groups excluding tert-OH is 2. The van der Waals surface area contributed by atoms with Crippen LogP contribution in [0.1, 0.15) is 58.3 Å². The molecule has 0 bridgehead atoms. The molecule has 0 saturated carbocycles. The van der Waals surface area contributed by atoms with Crippen LogP contribution in [0, 0.1) is 0 Å². The summed E-state index contributed by atoms with van der Waals surface area (Å²) in [5.41, 5.74) is 0. The zero-order valence-electron chi connectivity index (χ0n) is 17.5. The van der Waals surface area contributed by atoms with E-state index in [-0.39, 0.29) is 42.2 Å². The van der Waals surface area contributed by atoms with E-state index in [4.69, 9.17) is 4.55 Å². The van der Waals surface area contributed by atoms with Crippen molar-refractivity contribution in [1.82, 2.24) is 0 Å². The molecule has 168 valence electrons. The van der Waals surface area contributed by atoms with Crippen LogP contribution in [-0.4, -0.2) is 83.9 Å². The highest BCUT2D eigenvalue weighted by molar-refractivity contribution is 7.85. The Morgan fingerprint density at radius 3 is 2.55 bits per heavy atom. The molecule has 2 atom stereocenters. The Labute approximate surface area is 174 Å². The van der Waals surface area contributed by atoms with E-state index in [1.807, 2.05) is 12.2 Å². The van der Waals surface area contributed by atoms with Gasteiger partial charge in [0, 0.05) is 6.42 Å². The number of hydrogen-bond acceptors (Lipinski definition) is 6. The van der Waals surface area contributed by atoms with E-state index in [0.29, 0.717) is 13.1 Å². The second-order valence-corrected chi connectivity index (χ2v) is 9.26. The molecule has 0 spiro atoms. The number of hydrogen-bond donors (Lipinski definition) is 3. The van der Waals surface area contributed by atoms with E-state index in [0.717, 1.165) is 12.8 Å². The highest BCUT2D eigenvalue weighted by Crippen LogP contribution is 2.19. The first-order valence-corrected chi connectivity index (χ1v) is 12.2. The lowest BCUT2D eigenvalue weighted by molar-refractivity contribution is -0.837. The van der Waals surface area contributed by atoms with Gasteiger partial charge in [-0.15, -0.1) is 0 Å². The summed E-state index contributed by atoms with van der Waals surface area (Å²) >= 11 is 0. The van der Waals surface area contributed by atoms with Crippen LogP contribution in [0.3, 0.4) is 0 Å². The fraction of sp³-hybridized carbons (Fsp3) is 0.800. The van der Waals surface area contributed by atoms with Crippen molar-refractivity contribution in [2.45, 2.75) is 64.4 Å². The van der Waals surface area contributed by atoms with Gasteiger partial charge < -0.3 is 10.2 Å². The predicted octanol–water partition coefficient (Wildman–Crippen LogP) is 1.72. The molecule has 0 aromatic heterocycles. The summed E-state index contributed by atoms with van der Waals surface area (Å²) < 4.78 is 30.9. The number of carbonyl (C=O) groups is 1. The topological polar surface area (TPSA) is 124 Å². The average molecular weight is 434 g/mol. The zero-order valence-corrected chi connectivity index (χ0v) is 18.3. The number of ketones is 1. The van der Waals surface area contributed by atoms with Crippen LogP contribution in [0.4, 0.5) is 0 Å². The first kappa shape index (κ1) is 25.9. The highest BCUT2D eigenvalue weighted by atomic mass is 32.2. The van der Waals surface area contributed by atoms with Gasteiger partial charge in [-0.3, -0.25) is 13.8 Å². The number of aliphatic hydroxyl groups is 2. The van der Waals surface area contributed by atoms with Gasteiger partial charge in [0.05, 0.1) is 13.2 Å². The molecule has 0 saturated heterocycles. The van der Waals surface area contributed by atoms with Crippen molar-refractivity contribution in [3.05, 3.63) is 12.2 Å². The van der Waals surface area contributed by atoms with Crippen molar-refractivity contribution in [3.63, 3.8) is 0 Å². The van der Waals surface area contributed by atoms with Gasteiger partial charge in [-0.05, 0) is 12.8 Å². The molecule has 1 aliphatic heterocycles. The molecule has 9 heteroatoms. The quantitative estimate of drug-likeness (QED) is 0.147. The number of unbranched alkanes of at least 4 members (excludes halogenated alkanes) is 6. The van der Waals surface area contributed by atoms with Gasteiger partial charge in [0.15, 0.2) is 0 Å². The van der Waals surface area contributed by atoms with E-state index < -0.39 is 22.0 Å². The molecule has 0 aromatic rings. The van der Waals surface area contributed by atoms with Gasteiger partial charge in [-0.2, -0.15) is 8.42 Å². The number of allylic oxidation sites excluding steroid dienone is 2. The van der Waals surface area contributed by atoms with Crippen LogP contribution in [-0.2, 0) is 14.9 Å². The number of nitrogens with zero attached hydrogens (tertiary/aromatic N) is 2. The van der Waals surface area contributed by atoms with Crippen LogP contribution in [0.2, 0.25) is 0 Å². The molecule has 8 nitrogen and oxygen atoms in total. The van der Waals surface area contributed by atoms with Gasteiger partial charge in [-0.25, -0.2) is 4.99 Å². The second-order valence-electron chi connectivity index (χ2n) is 7.76. The summed E-state index contributed by atoms with van der Waals surface area (Å²) in [6.45, 7) is 2.82. The summed E-state index contributed by atoms with van der Waals surface area (Å²) in [4.78, 5) is 17.0. The Kier molecular flexibility index (Phi) is 11.8. The zero-order chi connectivity index (χ0) is 21.8. The van der Waals surface area contributed by atoms with Gasteiger partial charge in [0.25, 0.3) is 16.0 Å². The van der Waals surface area contributed by atoms with E-state index in [2.05, 4.69) is 11.9 Å². The molecule has 0 fully saturated rings. The van der Waals surface area contributed by atoms with Gasteiger partial charge >= 0.3 is 0 Å². The maximum absolute atomic E-state index is 12.7. The van der Waals surface area contributed by atoms with Crippen molar-refractivity contribution in [2.24, 2.45) is 4.99 Å². The molecular formula is C20H37N2O6S+. The minimum atomic E-state index is -4.33. The van der Waals surface area contributed by atoms with Crippen LogP contribution >= 0.6 is 0 Å². The van der Waals surface area contributed by atoms with Crippen LogP contribution in [0.15, 0.2) is 17.1 Å². The fourth-order valence-corrected chi connectivity index (χ4v) is 4.37. The molecule has 1 heterocycles. The van der Waals surface area contributed by atoms with E-state index in [9.17, 15) is 23.4 Å². The monoisotopic (exact) mass is 433 g/mol.